The molecule has 0 bridgehead atoms. The zero-order valence-corrected chi connectivity index (χ0v) is 9.11. The van der Waals surface area contributed by atoms with Crippen LogP contribution in [-0.4, -0.2) is 14.8 Å². The monoisotopic (exact) mass is 227 g/mol. The van der Waals surface area contributed by atoms with Gasteiger partial charge in [0.2, 0.25) is 0 Å². The second kappa shape index (κ2) is 3.55. The van der Waals surface area contributed by atoms with Crippen LogP contribution in [0, 0.1) is 4.77 Å². The van der Waals surface area contributed by atoms with E-state index in [0.717, 1.165) is 5.56 Å². The van der Waals surface area contributed by atoms with Crippen molar-refractivity contribution in [3.05, 3.63) is 37.6 Å². The summed E-state index contributed by atoms with van der Waals surface area (Å²) in [6.07, 6.45) is 0. The zero-order chi connectivity index (χ0) is 10.1. The van der Waals surface area contributed by atoms with Gasteiger partial charge >= 0.3 is 5.69 Å². The second-order valence-electron chi connectivity index (χ2n) is 2.96. The Kier molecular flexibility index (Phi) is 2.39. The molecule has 0 saturated carbocycles. The van der Waals surface area contributed by atoms with Crippen LogP contribution in [0.3, 0.4) is 0 Å². The highest BCUT2D eigenvalue weighted by atomic mass is 32.1. The molecule has 0 aliphatic heterocycles. The van der Waals surface area contributed by atoms with E-state index >= 15 is 0 Å². The van der Waals surface area contributed by atoms with Crippen LogP contribution >= 0.6 is 23.6 Å². The van der Waals surface area contributed by atoms with Gasteiger partial charge in [-0.1, -0.05) is 0 Å². The Morgan fingerprint density at radius 1 is 1.57 bits per heavy atom. The second-order valence-corrected chi connectivity index (χ2v) is 4.13. The third-order valence-electron chi connectivity index (χ3n) is 2.13. The van der Waals surface area contributed by atoms with Gasteiger partial charge in [-0.3, -0.25) is 9.67 Å². The SMILES string of the molecule is CC(c1ccsc1)n1c(=O)[nH][nH]c1=S. The van der Waals surface area contributed by atoms with Crippen LogP contribution in [-0.2, 0) is 0 Å². The number of aromatic amines is 2. The molecule has 2 aromatic rings. The number of hydrogen-bond acceptors (Lipinski definition) is 3. The average Bonchev–Trinajstić information content (AvgIpc) is 2.75. The first-order chi connectivity index (χ1) is 6.70. The first-order valence-electron chi connectivity index (χ1n) is 4.11. The van der Waals surface area contributed by atoms with Gasteiger partial charge in [-0.15, -0.1) is 0 Å². The topological polar surface area (TPSA) is 53.6 Å². The Bertz CT molecular complexity index is 492. The maximum atomic E-state index is 11.4. The van der Waals surface area contributed by atoms with Gasteiger partial charge in [-0.25, -0.2) is 9.89 Å². The van der Waals surface area contributed by atoms with Crippen LogP contribution in [0.1, 0.15) is 18.5 Å². The van der Waals surface area contributed by atoms with E-state index < -0.39 is 0 Å². The summed E-state index contributed by atoms with van der Waals surface area (Å²) in [6.45, 7) is 1.95. The number of thiophene rings is 1. The van der Waals surface area contributed by atoms with Crippen LogP contribution in [0.5, 0.6) is 0 Å². The van der Waals surface area contributed by atoms with Crippen molar-refractivity contribution in [2.75, 3.05) is 0 Å². The zero-order valence-electron chi connectivity index (χ0n) is 7.48. The van der Waals surface area contributed by atoms with E-state index in [1.807, 2.05) is 23.8 Å². The van der Waals surface area contributed by atoms with Crippen LogP contribution in [0.4, 0.5) is 0 Å². The fourth-order valence-corrected chi connectivity index (χ4v) is 2.37. The van der Waals surface area contributed by atoms with Gasteiger partial charge in [0.25, 0.3) is 0 Å². The van der Waals surface area contributed by atoms with Crippen molar-refractivity contribution < 1.29 is 0 Å². The van der Waals surface area contributed by atoms with Gasteiger partial charge in [0, 0.05) is 0 Å². The van der Waals surface area contributed by atoms with Crippen molar-refractivity contribution in [2.45, 2.75) is 13.0 Å². The minimum Gasteiger partial charge on any atom is -0.272 e. The van der Waals surface area contributed by atoms with Crippen LogP contribution in [0.2, 0.25) is 0 Å². The molecule has 0 spiro atoms. The predicted octanol–water partition coefficient (Wildman–Crippen LogP) is 1.90. The lowest BCUT2D eigenvalue weighted by atomic mass is 10.2. The van der Waals surface area contributed by atoms with E-state index in [-0.39, 0.29) is 11.7 Å². The van der Waals surface area contributed by atoms with Gasteiger partial charge in [0.1, 0.15) is 0 Å². The summed E-state index contributed by atoms with van der Waals surface area (Å²) >= 11 is 6.61. The fourth-order valence-electron chi connectivity index (χ4n) is 1.33. The molecule has 2 aromatic heterocycles. The smallest absolute Gasteiger partial charge is 0.272 e. The number of rotatable bonds is 2. The van der Waals surface area contributed by atoms with Gasteiger partial charge in [0.15, 0.2) is 4.77 Å². The lowest BCUT2D eigenvalue weighted by Gasteiger charge is -2.08. The Labute approximate surface area is 89.2 Å². The molecule has 6 heteroatoms. The number of hydrogen-bond donors (Lipinski definition) is 2. The number of nitrogens with one attached hydrogen (secondary N) is 2. The largest absolute Gasteiger partial charge is 0.342 e. The average molecular weight is 227 g/mol. The molecule has 2 heterocycles. The highest BCUT2D eigenvalue weighted by Crippen LogP contribution is 2.18. The molecule has 1 atom stereocenters. The van der Waals surface area contributed by atoms with E-state index in [2.05, 4.69) is 10.2 Å². The molecule has 74 valence electrons. The van der Waals surface area contributed by atoms with Crippen molar-refractivity contribution >= 4 is 23.6 Å². The molecule has 0 aromatic carbocycles. The lowest BCUT2D eigenvalue weighted by molar-refractivity contribution is 0.610. The number of H-pyrrole nitrogens is 2. The van der Waals surface area contributed by atoms with E-state index in [0.29, 0.717) is 4.77 Å². The Balaban J connectivity index is 2.51. The molecule has 0 radical (unpaired) electrons. The summed E-state index contributed by atoms with van der Waals surface area (Å²) in [5.74, 6) is 0. The summed E-state index contributed by atoms with van der Waals surface area (Å²) in [5.41, 5.74) is 0.893. The summed E-state index contributed by atoms with van der Waals surface area (Å²) in [6, 6.07) is 1.97. The Morgan fingerprint density at radius 3 is 2.86 bits per heavy atom. The standard InChI is InChI=1S/C8H9N3OS2/c1-5(6-2-3-14-4-6)11-7(12)9-10-8(11)13/h2-5H,1H3,(H,9,12)(H,10,13). The van der Waals surface area contributed by atoms with E-state index in [1.54, 1.807) is 11.3 Å². The molecule has 0 aliphatic carbocycles. The van der Waals surface area contributed by atoms with Gasteiger partial charge in [-0.05, 0) is 41.5 Å². The quantitative estimate of drug-likeness (QED) is 0.770. The van der Waals surface area contributed by atoms with Crippen molar-refractivity contribution in [1.29, 1.82) is 0 Å². The summed E-state index contributed by atoms with van der Waals surface area (Å²) in [5, 5.41) is 9.08. The predicted molar refractivity (Wildman–Crippen MR) is 58.4 cm³/mol. The molecule has 2 rings (SSSR count). The highest BCUT2D eigenvalue weighted by molar-refractivity contribution is 7.71. The summed E-state index contributed by atoms with van der Waals surface area (Å²) in [7, 11) is 0. The minimum absolute atomic E-state index is 0.0243. The molecular formula is C8H9N3OS2. The normalized spacial score (nSPS) is 12.9. The summed E-state index contributed by atoms with van der Waals surface area (Å²) < 4.78 is 1.95. The van der Waals surface area contributed by atoms with E-state index in [9.17, 15) is 4.79 Å². The molecule has 0 fully saturated rings. The third-order valence-corrected chi connectivity index (χ3v) is 3.13. The van der Waals surface area contributed by atoms with Crippen molar-refractivity contribution in [3.8, 4) is 0 Å². The molecular weight excluding hydrogens is 218 g/mol. The third kappa shape index (κ3) is 1.46. The maximum Gasteiger partial charge on any atom is 0.342 e. The van der Waals surface area contributed by atoms with Crippen LogP contribution in [0.15, 0.2) is 21.6 Å². The highest BCUT2D eigenvalue weighted by Gasteiger charge is 2.11. The Morgan fingerprint density at radius 2 is 2.36 bits per heavy atom. The lowest BCUT2D eigenvalue weighted by Crippen LogP contribution is -2.21. The molecule has 2 N–H and O–H groups in total. The molecule has 1 unspecified atom stereocenters. The first-order valence-corrected chi connectivity index (χ1v) is 5.46. The van der Waals surface area contributed by atoms with Crippen LogP contribution < -0.4 is 5.69 Å². The number of nitrogens with zero attached hydrogens (tertiary/aromatic N) is 1. The Hall–Kier alpha value is -1.14. The number of aromatic nitrogens is 3. The van der Waals surface area contributed by atoms with Gasteiger partial charge in [0.05, 0.1) is 6.04 Å². The van der Waals surface area contributed by atoms with Crippen molar-refractivity contribution in [2.24, 2.45) is 0 Å². The first kappa shape index (κ1) is 9.42. The van der Waals surface area contributed by atoms with Crippen molar-refractivity contribution in [3.63, 3.8) is 0 Å². The molecule has 14 heavy (non-hydrogen) atoms. The van der Waals surface area contributed by atoms with E-state index in [4.69, 9.17) is 12.2 Å². The van der Waals surface area contributed by atoms with Crippen LogP contribution in [0.25, 0.3) is 0 Å². The fraction of sp³-hybridized carbons (Fsp3) is 0.250. The van der Waals surface area contributed by atoms with Gasteiger partial charge < -0.3 is 0 Å². The molecule has 0 aliphatic rings. The summed E-state index contributed by atoms with van der Waals surface area (Å²) in [4.78, 5) is 11.4. The van der Waals surface area contributed by atoms with Gasteiger partial charge in [-0.2, -0.15) is 11.3 Å². The van der Waals surface area contributed by atoms with E-state index in [1.165, 1.54) is 4.57 Å². The van der Waals surface area contributed by atoms with Crippen molar-refractivity contribution in [1.82, 2.24) is 14.8 Å². The minimum atomic E-state index is -0.200. The molecule has 0 saturated heterocycles. The molecule has 4 nitrogen and oxygen atoms in total. The molecule has 0 amide bonds. The maximum absolute atomic E-state index is 11.4.